The molecule has 3 aromatic rings. The van der Waals surface area contributed by atoms with Crippen molar-refractivity contribution in [1.82, 2.24) is 9.55 Å². The first-order valence-corrected chi connectivity index (χ1v) is 8.28. The van der Waals surface area contributed by atoms with Crippen molar-refractivity contribution < 1.29 is 24.7 Å². The third-order valence-electron chi connectivity index (χ3n) is 4.08. The highest BCUT2D eigenvalue weighted by molar-refractivity contribution is 7.71. The Kier molecular flexibility index (Phi) is 5.08. The van der Waals surface area contributed by atoms with Crippen molar-refractivity contribution in [2.75, 3.05) is 0 Å². The molecule has 0 atom stereocenters. The first kappa shape index (κ1) is 20.3. The van der Waals surface area contributed by atoms with Gasteiger partial charge in [0.2, 0.25) is 0 Å². The Hall–Kier alpha value is -4.46. The molecule has 13 nitrogen and oxygen atoms in total. The molecule has 0 aliphatic heterocycles. The van der Waals surface area contributed by atoms with Crippen LogP contribution in [0.25, 0.3) is 23.3 Å². The maximum atomic E-state index is 11.5. The van der Waals surface area contributed by atoms with Crippen LogP contribution in [0.3, 0.4) is 0 Å². The fraction of sp³-hybridized carbons (Fsp3) is 0. The lowest BCUT2D eigenvalue weighted by atomic mass is 10.0. The van der Waals surface area contributed by atoms with Gasteiger partial charge in [0.05, 0.1) is 43.0 Å². The second kappa shape index (κ2) is 7.51. The highest BCUT2D eigenvalue weighted by Crippen LogP contribution is 2.31. The van der Waals surface area contributed by atoms with E-state index in [0.29, 0.717) is 17.6 Å². The molecule has 30 heavy (non-hydrogen) atoms. The summed E-state index contributed by atoms with van der Waals surface area (Å²) in [5.74, 6) is -1.61. The van der Waals surface area contributed by atoms with Gasteiger partial charge in [-0.25, -0.2) is 4.79 Å². The van der Waals surface area contributed by atoms with Crippen LogP contribution in [0.1, 0.15) is 15.9 Å². The van der Waals surface area contributed by atoms with Crippen molar-refractivity contribution in [3.05, 3.63) is 76.6 Å². The normalized spacial score (nSPS) is 11.1. The van der Waals surface area contributed by atoms with Gasteiger partial charge >= 0.3 is 5.97 Å². The van der Waals surface area contributed by atoms with E-state index in [1.165, 1.54) is 29.0 Å². The van der Waals surface area contributed by atoms with Crippen LogP contribution in [0.4, 0.5) is 17.1 Å². The fourth-order valence-corrected chi connectivity index (χ4v) is 3.02. The second-order valence-corrected chi connectivity index (χ2v) is 6.21. The van der Waals surface area contributed by atoms with Crippen molar-refractivity contribution in [3.8, 4) is 0 Å². The zero-order valence-electron chi connectivity index (χ0n) is 14.5. The number of nitro benzene ring substituents is 3. The quantitative estimate of drug-likeness (QED) is 0.333. The van der Waals surface area contributed by atoms with Gasteiger partial charge in [-0.1, -0.05) is 0 Å². The van der Waals surface area contributed by atoms with E-state index in [2.05, 4.69) is 4.98 Å². The van der Waals surface area contributed by atoms with Gasteiger partial charge in [-0.05, 0) is 24.4 Å². The zero-order chi connectivity index (χ0) is 22.2. The minimum atomic E-state index is -1.61. The Morgan fingerprint density at radius 1 is 1.03 bits per heavy atom. The lowest BCUT2D eigenvalue weighted by molar-refractivity contribution is -0.394. The molecule has 0 aliphatic rings. The number of rotatable bonds is 6. The van der Waals surface area contributed by atoms with Gasteiger partial charge < -0.3 is 10.1 Å². The highest BCUT2D eigenvalue weighted by Gasteiger charge is 2.26. The number of hydrogen-bond acceptors (Lipinski definition) is 8. The molecule has 1 aromatic heterocycles. The molecule has 3 rings (SSSR count). The Morgan fingerprint density at radius 2 is 1.70 bits per heavy atom. The highest BCUT2D eigenvalue weighted by atomic mass is 32.1. The van der Waals surface area contributed by atoms with Crippen LogP contribution in [-0.2, 0) is 0 Å². The molecule has 0 saturated carbocycles. The van der Waals surface area contributed by atoms with Gasteiger partial charge in [0.25, 0.3) is 17.1 Å². The van der Waals surface area contributed by atoms with E-state index >= 15 is 0 Å². The molecule has 0 fully saturated rings. The average Bonchev–Trinajstić information content (AvgIpc) is 2.99. The van der Waals surface area contributed by atoms with Crippen molar-refractivity contribution in [3.63, 3.8) is 0 Å². The van der Waals surface area contributed by atoms with Crippen molar-refractivity contribution >= 4 is 58.6 Å². The van der Waals surface area contributed by atoms with Crippen molar-refractivity contribution in [2.45, 2.75) is 0 Å². The third-order valence-corrected chi connectivity index (χ3v) is 4.38. The summed E-state index contributed by atoms with van der Waals surface area (Å²) in [6, 6.07) is 5.24. The molecule has 2 aromatic carbocycles. The largest absolute Gasteiger partial charge is 0.478 e. The number of aromatic amines is 1. The van der Waals surface area contributed by atoms with E-state index < -0.39 is 43.2 Å². The van der Waals surface area contributed by atoms with Gasteiger partial charge in [-0.15, -0.1) is 0 Å². The summed E-state index contributed by atoms with van der Waals surface area (Å²) in [7, 11) is 0. The van der Waals surface area contributed by atoms with E-state index in [9.17, 15) is 40.2 Å². The van der Waals surface area contributed by atoms with Gasteiger partial charge in [0.1, 0.15) is 0 Å². The van der Waals surface area contributed by atoms with Crippen LogP contribution < -0.4 is 0 Å². The maximum absolute atomic E-state index is 11.5. The standard InChI is InChI=1S/C16H9N5O8S/c22-15(23)11-5-9(20(26)27)7-13(21(28)29)10(11)3-4-18-14-6-8(19(24)25)1-2-12(14)17-16(18)30/h1-7H,(H,17,30)(H,22,23). The molecule has 0 amide bonds. The van der Waals surface area contributed by atoms with E-state index in [1.54, 1.807) is 0 Å². The summed E-state index contributed by atoms with van der Waals surface area (Å²) in [5.41, 5.74) is -2.14. The summed E-state index contributed by atoms with van der Waals surface area (Å²) in [6.45, 7) is 0. The van der Waals surface area contributed by atoms with Gasteiger partial charge in [-0.3, -0.25) is 34.9 Å². The summed E-state index contributed by atoms with van der Waals surface area (Å²) in [5, 5.41) is 42.7. The number of nitrogens with one attached hydrogen (secondary N) is 1. The number of hydrogen-bond donors (Lipinski definition) is 2. The molecule has 152 valence electrons. The first-order chi connectivity index (χ1) is 14.1. The number of imidazole rings is 1. The van der Waals surface area contributed by atoms with Crippen LogP contribution in [0.5, 0.6) is 0 Å². The Labute approximate surface area is 169 Å². The number of aromatic carboxylic acids is 1. The van der Waals surface area contributed by atoms with E-state index in [4.69, 9.17) is 12.2 Å². The molecule has 0 spiro atoms. The van der Waals surface area contributed by atoms with Gasteiger partial charge in [0, 0.05) is 24.4 Å². The zero-order valence-corrected chi connectivity index (χ0v) is 15.4. The monoisotopic (exact) mass is 431 g/mol. The number of carboxylic acid groups (broad SMARTS) is 1. The lowest BCUT2D eigenvalue weighted by Gasteiger charge is -2.04. The van der Waals surface area contributed by atoms with E-state index in [1.807, 2.05) is 0 Å². The summed E-state index contributed by atoms with van der Waals surface area (Å²) >= 11 is 5.15. The summed E-state index contributed by atoms with van der Waals surface area (Å²) in [4.78, 5) is 45.2. The van der Waals surface area contributed by atoms with E-state index in [0.717, 1.165) is 6.08 Å². The smallest absolute Gasteiger partial charge is 0.336 e. The van der Waals surface area contributed by atoms with Crippen LogP contribution >= 0.6 is 12.2 Å². The van der Waals surface area contributed by atoms with Gasteiger partial charge in [-0.2, -0.15) is 0 Å². The number of non-ortho nitro benzene ring substituents is 2. The predicted molar refractivity (Wildman–Crippen MR) is 106 cm³/mol. The molecule has 0 unspecified atom stereocenters. The molecule has 0 saturated heterocycles. The topological polar surface area (TPSA) is 187 Å². The summed E-state index contributed by atoms with van der Waals surface area (Å²) in [6.07, 6.45) is 2.23. The third kappa shape index (κ3) is 3.61. The number of carbonyl (C=O) groups is 1. The minimum absolute atomic E-state index is 0.0863. The Balaban J connectivity index is 2.25. The number of nitrogens with zero attached hydrogens (tertiary/aromatic N) is 4. The number of nitro groups is 3. The van der Waals surface area contributed by atoms with Crippen LogP contribution in [0.15, 0.2) is 30.3 Å². The van der Waals surface area contributed by atoms with Crippen LogP contribution in [0.2, 0.25) is 0 Å². The van der Waals surface area contributed by atoms with E-state index in [-0.39, 0.29) is 16.0 Å². The van der Waals surface area contributed by atoms with Crippen molar-refractivity contribution in [1.29, 1.82) is 0 Å². The number of aromatic nitrogens is 2. The molecule has 0 bridgehead atoms. The predicted octanol–water partition coefficient (Wildman–Crippen LogP) is 3.75. The molecular weight excluding hydrogens is 422 g/mol. The van der Waals surface area contributed by atoms with Crippen LogP contribution in [0, 0.1) is 35.1 Å². The summed E-state index contributed by atoms with van der Waals surface area (Å²) < 4.78 is 1.34. The molecule has 2 N–H and O–H groups in total. The average molecular weight is 431 g/mol. The SMILES string of the molecule is O=C(O)c1cc([N+](=O)[O-])cc([N+](=O)[O-])c1C=Cn1c(=S)[nH]c2ccc([N+](=O)[O-])cc21. The fourth-order valence-electron chi connectivity index (χ4n) is 2.75. The van der Waals surface area contributed by atoms with Crippen molar-refractivity contribution in [2.24, 2.45) is 0 Å². The molecule has 0 radical (unpaired) electrons. The minimum Gasteiger partial charge on any atom is -0.478 e. The number of H-pyrrole nitrogens is 1. The molecule has 1 heterocycles. The molecule has 0 aliphatic carbocycles. The molecule has 14 heteroatoms. The number of benzene rings is 2. The first-order valence-electron chi connectivity index (χ1n) is 7.87. The van der Waals surface area contributed by atoms with Gasteiger partial charge in [0.15, 0.2) is 4.77 Å². The Bertz CT molecular complexity index is 1300. The lowest BCUT2D eigenvalue weighted by Crippen LogP contribution is -2.05. The maximum Gasteiger partial charge on any atom is 0.336 e. The molecular formula is C16H9N5O8S. The van der Waals surface area contributed by atoms with Crippen LogP contribution in [-0.4, -0.2) is 35.4 Å². The number of carboxylic acids is 1. The Morgan fingerprint density at radius 3 is 2.27 bits per heavy atom. The number of fused-ring (bicyclic) bond motifs is 1. The second-order valence-electron chi connectivity index (χ2n) is 5.82.